The van der Waals surface area contributed by atoms with Crippen LogP contribution >= 0.6 is 0 Å². The van der Waals surface area contributed by atoms with E-state index in [4.69, 9.17) is 9.47 Å². The zero-order valence-corrected chi connectivity index (χ0v) is 12.2. The van der Waals surface area contributed by atoms with Gasteiger partial charge < -0.3 is 9.47 Å². The van der Waals surface area contributed by atoms with Crippen LogP contribution in [0.15, 0.2) is 18.2 Å². The van der Waals surface area contributed by atoms with E-state index < -0.39 is 4.92 Å². The Balaban J connectivity index is 2.07. The number of nitro groups is 1. The molecule has 0 spiro atoms. The summed E-state index contributed by atoms with van der Waals surface area (Å²) in [5, 5.41) is 11.0. The zero-order valence-electron chi connectivity index (χ0n) is 12.2. The molecule has 1 aromatic carbocycles. The van der Waals surface area contributed by atoms with Crippen LogP contribution in [0.2, 0.25) is 0 Å². The maximum atomic E-state index is 11.0. The van der Waals surface area contributed by atoms with Crippen molar-refractivity contribution in [3.05, 3.63) is 28.3 Å². The Labute approximate surface area is 119 Å². The third kappa shape index (κ3) is 3.40. The number of hydrogen-bond acceptors (Lipinski definition) is 4. The summed E-state index contributed by atoms with van der Waals surface area (Å²) in [7, 11) is 1.42. The van der Waals surface area contributed by atoms with E-state index in [2.05, 4.69) is 13.8 Å². The van der Waals surface area contributed by atoms with Crippen molar-refractivity contribution in [3.8, 4) is 11.5 Å². The van der Waals surface area contributed by atoms with E-state index in [1.54, 1.807) is 12.1 Å². The molecule has 0 aliphatic heterocycles. The molecular weight excluding hydrogens is 258 g/mol. The number of hydrogen-bond donors (Lipinski definition) is 0. The second-order valence-electron chi connectivity index (χ2n) is 6.07. The molecule has 0 amide bonds. The Morgan fingerprint density at radius 2 is 1.95 bits per heavy atom. The average Bonchev–Trinajstić information content (AvgIpc) is 2.41. The molecule has 110 valence electrons. The number of rotatable bonds is 4. The highest BCUT2D eigenvalue weighted by molar-refractivity contribution is 5.50. The second kappa shape index (κ2) is 5.69. The van der Waals surface area contributed by atoms with Crippen molar-refractivity contribution in [2.45, 2.75) is 45.6 Å². The van der Waals surface area contributed by atoms with Crippen LogP contribution in [0.4, 0.5) is 5.69 Å². The second-order valence-corrected chi connectivity index (χ2v) is 6.07. The van der Waals surface area contributed by atoms with Crippen LogP contribution in [0.5, 0.6) is 11.5 Å². The van der Waals surface area contributed by atoms with Crippen molar-refractivity contribution in [1.29, 1.82) is 0 Å². The Morgan fingerprint density at radius 3 is 2.50 bits per heavy atom. The third-order valence-electron chi connectivity index (χ3n) is 3.94. The van der Waals surface area contributed by atoms with Gasteiger partial charge in [0.25, 0.3) is 0 Å². The molecule has 1 aliphatic rings. The Morgan fingerprint density at radius 1 is 1.30 bits per heavy atom. The van der Waals surface area contributed by atoms with Crippen molar-refractivity contribution in [2.24, 2.45) is 5.41 Å². The summed E-state index contributed by atoms with van der Waals surface area (Å²) in [6, 6.07) is 4.75. The summed E-state index contributed by atoms with van der Waals surface area (Å²) < 4.78 is 10.9. The molecule has 5 heteroatoms. The molecule has 1 aromatic rings. The predicted octanol–water partition coefficient (Wildman–Crippen LogP) is 3.95. The van der Waals surface area contributed by atoms with Gasteiger partial charge in [-0.15, -0.1) is 0 Å². The molecule has 0 radical (unpaired) electrons. The van der Waals surface area contributed by atoms with Crippen LogP contribution in [-0.2, 0) is 0 Å². The van der Waals surface area contributed by atoms with Gasteiger partial charge in [0.05, 0.1) is 24.2 Å². The van der Waals surface area contributed by atoms with E-state index in [-0.39, 0.29) is 17.5 Å². The van der Waals surface area contributed by atoms with Crippen LogP contribution < -0.4 is 9.47 Å². The van der Waals surface area contributed by atoms with E-state index in [1.165, 1.54) is 13.2 Å². The standard InChI is InChI=1S/C15H21NO4/c1-15(2)8-6-11(7-9-15)20-12-4-5-14(19-3)13(10-12)16(17)18/h4-5,10-11H,6-9H2,1-3H3. The minimum absolute atomic E-state index is 0.0545. The normalized spacial score (nSPS) is 18.6. The molecule has 1 aliphatic carbocycles. The molecule has 0 N–H and O–H groups in total. The molecule has 0 heterocycles. The van der Waals surface area contributed by atoms with Gasteiger partial charge in [0.1, 0.15) is 5.75 Å². The molecule has 1 fully saturated rings. The predicted molar refractivity (Wildman–Crippen MR) is 76.3 cm³/mol. The third-order valence-corrected chi connectivity index (χ3v) is 3.94. The van der Waals surface area contributed by atoms with Gasteiger partial charge in [0.15, 0.2) is 5.75 Å². The minimum Gasteiger partial charge on any atom is -0.490 e. The summed E-state index contributed by atoms with van der Waals surface area (Å²) in [5.41, 5.74) is 0.326. The first-order valence-corrected chi connectivity index (χ1v) is 6.90. The van der Waals surface area contributed by atoms with Crippen molar-refractivity contribution < 1.29 is 14.4 Å². The first-order valence-electron chi connectivity index (χ1n) is 6.90. The number of nitro benzene ring substituents is 1. The van der Waals surface area contributed by atoms with Crippen molar-refractivity contribution >= 4 is 5.69 Å². The van der Waals surface area contributed by atoms with Crippen molar-refractivity contribution in [1.82, 2.24) is 0 Å². The lowest BCUT2D eigenvalue weighted by molar-refractivity contribution is -0.385. The number of methoxy groups -OCH3 is 1. The number of nitrogens with zero attached hydrogens (tertiary/aromatic N) is 1. The molecule has 0 bridgehead atoms. The van der Waals surface area contributed by atoms with E-state index in [0.29, 0.717) is 11.2 Å². The quantitative estimate of drug-likeness (QED) is 0.618. The molecule has 20 heavy (non-hydrogen) atoms. The molecule has 0 unspecified atom stereocenters. The maximum Gasteiger partial charge on any atom is 0.314 e. The molecule has 2 rings (SSSR count). The summed E-state index contributed by atoms with van der Waals surface area (Å²) in [6.45, 7) is 4.53. The van der Waals surface area contributed by atoms with E-state index in [0.717, 1.165) is 25.7 Å². The molecule has 5 nitrogen and oxygen atoms in total. The lowest BCUT2D eigenvalue weighted by Gasteiger charge is -2.34. The van der Waals surface area contributed by atoms with Crippen molar-refractivity contribution in [3.63, 3.8) is 0 Å². The van der Waals surface area contributed by atoms with Crippen molar-refractivity contribution in [2.75, 3.05) is 7.11 Å². The summed E-state index contributed by atoms with van der Waals surface area (Å²) in [4.78, 5) is 10.5. The molecular formula is C15H21NO4. The van der Waals surface area contributed by atoms with Gasteiger partial charge in [0.2, 0.25) is 0 Å². The minimum atomic E-state index is -0.449. The van der Waals surface area contributed by atoms with E-state index in [9.17, 15) is 10.1 Å². The molecule has 0 aromatic heterocycles. The van der Waals surface area contributed by atoms with E-state index >= 15 is 0 Å². The molecule has 0 atom stereocenters. The number of benzene rings is 1. The highest BCUT2D eigenvalue weighted by atomic mass is 16.6. The highest BCUT2D eigenvalue weighted by Gasteiger charge is 2.28. The SMILES string of the molecule is COc1ccc(OC2CCC(C)(C)CC2)cc1[N+](=O)[O-]. The average molecular weight is 279 g/mol. The van der Waals surface area contributed by atoms with Gasteiger partial charge in [-0.25, -0.2) is 0 Å². The van der Waals surface area contributed by atoms with Crippen LogP contribution in [0.1, 0.15) is 39.5 Å². The lowest BCUT2D eigenvalue weighted by Crippen LogP contribution is -2.28. The number of ether oxygens (including phenoxy) is 2. The largest absolute Gasteiger partial charge is 0.490 e. The highest BCUT2D eigenvalue weighted by Crippen LogP contribution is 2.37. The van der Waals surface area contributed by atoms with Gasteiger partial charge >= 0.3 is 5.69 Å². The smallest absolute Gasteiger partial charge is 0.314 e. The Kier molecular flexibility index (Phi) is 4.16. The summed E-state index contributed by atoms with van der Waals surface area (Å²) >= 11 is 0. The molecule has 1 saturated carbocycles. The van der Waals surface area contributed by atoms with Crippen LogP contribution in [-0.4, -0.2) is 18.1 Å². The van der Waals surface area contributed by atoms with Crippen LogP contribution in [0.3, 0.4) is 0 Å². The fourth-order valence-electron chi connectivity index (χ4n) is 2.57. The zero-order chi connectivity index (χ0) is 14.8. The van der Waals surface area contributed by atoms with Gasteiger partial charge in [0, 0.05) is 0 Å². The van der Waals surface area contributed by atoms with Crippen LogP contribution in [0, 0.1) is 15.5 Å². The summed E-state index contributed by atoms with van der Waals surface area (Å²) in [6.07, 6.45) is 4.38. The van der Waals surface area contributed by atoms with E-state index in [1.807, 2.05) is 0 Å². The maximum absolute atomic E-state index is 11.0. The van der Waals surface area contributed by atoms with Gasteiger partial charge in [-0.2, -0.15) is 0 Å². The first kappa shape index (κ1) is 14.6. The van der Waals surface area contributed by atoms with Gasteiger partial charge in [-0.1, -0.05) is 13.8 Å². The Bertz CT molecular complexity index is 489. The lowest BCUT2D eigenvalue weighted by atomic mass is 9.76. The fourth-order valence-corrected chi connectivity index (χ4v) is 2.57. The first-order chi connectivity index (χ1) is 9.41. The molecule has 0 saturated heterocycles. The fraction of sp³-hybridized carbons (Fsp3) is 0.600. The topological polar surface area (TPSA) is 61.6 Å². The summed E-state index contributed by atoms with van der Waals surface area (Å²) in [5.74, 6) is 0.800. The Hall–Kier alpha value is -1.78. The van der Waals surface area contributed by atoms with Gasteiger partial charge in [-0.05, 0) is 43.2 Å². The monoisotopic (exact) mass is 279 g/mol. The van der Waals surface area contributed by atoms with Crippen LogP contribution in [0.25, 0.3) is 0 Å². The van der Waals surface area contributed by atoms with Gasteiger partial charge in [-0.3, -0.25) is 10.1 Å².